The van der Waals surface area contributed by atoms with Gasteiger partial charge in [0.05, 0.1) is 19.4 Å². The molecule has 21 heavy (non-hydrogen) atoms. The van der Waals surface area contributed by atoms with E-state index in [9.17, 15) is 9.59 Å². The third-order valence-corrected chi connectivity index (χ3v) is 3.32. The molecule has 5 heteroatoms. The molecule has 0 aliphatic rings. The summed E-state index contributed by atoms with van der Waals surface area (Å²) in [5, 5.41) is 3.81. The fourth-order valence-electron chi connectivity index (χ4n) is 2.32. The summed E-state index contributed by atoms with van der Waals surface area (Å²) in [6.45, 7) is 4.39. The molecule has 5 nitrogen and oxygen atoms in total. The topological polar surface area (TPSA) is 71.2 Å². The monoisotopic (exact) mass is 288 g/mol. The molecule has 112 valence electrons. The van der Waals surface area contributed by atoms with Crippen molar-refractivity contribution in [3.05, 3.63) is 35.5 Å². The molecule has 2 rings (SSSR count). The number of esters is 1. The molecule has 2 N–H and O–H groups in total. The number of carbonyl (C=O) groups is 2. The Balaban J connectivity index is 1.93. The van der Waals surface area contributed by atoms with Crippen LogP contribution in [0.3, 0.4) is 0 Å². The molecular weight excluding hydrogens is 268 g/mol. The van der Waals surface area contributed by atoms with Crippen LogP contribution in [-0.2, 0) is 20.7 Å². The van der Waals surface area contributed by atoms with Crippen LogP contribution < -0.4 is 5.32 Å². The van der Waals surface area contributed by atoms with E-state index in [2.05, 4.69) is 10.3 Å². The number of H-pyrrole nitrogens is 1. The molecule has 1 aromatic carbocycles. The molecule has 1 heterocycles. The number of fused-ring (bicyclic) bond motifs is 1. The summed E-state index contributed by atoms with van der Waals surface area (Å²) in [4.78, 5) is 26.4. The third kappa shape index (κ3) is 3.84. The van der Waals surface area contributed by atoms with E-state index < -0.39 is 0 Å². The Morgan fingerprint density at radius 1 is 1.29 bits per heavy atom. The number of hydrogen-bond acceptors (Lipinski definition) is 3. The van der Waals surface area contributed by atoms with Gasteiger partial charge in [0.2, 0.25) is 5.91 Å². The first-order valence-corrected chi connectivity index (χ1v) is 7.10. The predicted molar refractivity (Wildman–Crippen MR) is 81.0 cm³/mol. The van der Waals surface area contributed by atoms with Gasteiger partial charge in [-0.05, 0) is 25.5 Å². The molecule has 0 unspecified atom stereocenters. The van der Waals surface area contributed by atoms with Gasteiger partial charge in [-0.3, -0.25) is 9.59 Å². The minimum atomic E-state index is -0.291. The number of para-hydroxylation sites is 1. The van der Waals surface area contributed by atoms with Crippen LogP contribution in [0.4, 0.5) is 0 Å². The van der Waals surface area contributed by atoms with Crippen LogP contribution in [0, 0.1) is 6.92 Å². The van der Waals surface area contributed by atoms with Crippen molar-refractivity contribution in [3.63, 3.8) is 0 Å². The predicted octanol–water partition coefficient (Wildman–Crippen LogP) is 2.09. The number of amides is 1. The minimum Gasteiger partial charge on any atom is -0.466 e. The van der Waals surface area contributed by atoms with Crippen molar-refractivity contribution in [2.24, 2.45) is 0 Å². The highest BCUT2D eigenvalue weighted by atomic mass is 16.5. The highest BCUT2D eigenvalue weighted by Gasteiger charge is 2.12. The zero-order chi connectivity index (χ0) is 15.2. The van der Waals surface area contributed by atoms with Crippen LogP contribution in [0.5, 0.6) is 0 Å². The second-order valence-electron chi connectivity index (χ2n) is 4.86. The summed E-state index contributed by atoms with van der Waals surface area (Å²) >= 11 is 0. The zero-order valence-corrected chi connectivity index (χ0v) is 12.4. The summed E-state index contributed by atoms with van der Waals surface area (Å²) in [6, 6.07) is 7.91. The van der Waals surface area contributed by atoms with Crippen LogP contribution in [0.25, 0.3) is 10.9 Å². The lowest BCUT2D eigenvalue weighted by Crippen LogP contribution is -2.28. The van der Waals surface area contributed by atoms with E-state index >= 15 is 0 Å². The molecule has 0 atom stereocenters. The van der Waals surface area contributed by atoms with Crippen LogP contribution in [0.15, 0.2) is 24.3 Å². The van der Waals surface area contributed by atoms with E-state index in [1.54, 1.807) is 6.92 Å². The maximum Gasteiger partial charge on any atom is 0.307 e. The normalized spacial score (nSPS) is 10.6. The molecule has 0 spiro atoms. The smallest absolute Gasteiger partial charge is 0.307 e. The molecule has 0 aliphatic heterocycles. The van der Waals surface area contributed by atoms with Crippen molar-refractivity contribution in [2.45, 2.75) is 26.7 Å². The maximum absolute atomic E-state index is 12.0. The van der Waals surface area contributed by atoms with Gasteiger partial charge in [0.1, 0.15) is 0 Å². The number of hydrogen-bond donors (Lipinski definition) is 2. The van der Waals surface area contributed by atoms with Crippen molar-refractivity contribution in [2.75, 3.05) is 13.2 Å². The Morgan fingerprint density at radius 3 is 2.81 bits per heavy atom. The lowest BCUT2D eigenvalue weighted by atomic mass is 10.1. The van der Waals surface area contributed by atoms with Crippen LogP contribution in [-0.4, -0.2) is 30.0 Å². The summed E-state index contributed by atoms with van der Waals surface area (Å²) in [6.07, 6.45) is 0.505. The van der Waals surface area contributed by atoms with Gasteiger partial charge in [0.15, 0.2) is 0 Å². The first-order valence-electron chi connectivity index (χ1n) is 7.10. The van der Waals surface area contributed by atoms with E-state index in [4.69, 9.17) is 4.74 Å². The molecule has 0 fully saturated rings. The number of rotatable bonds is 6. The number of ether oxygens (including phenoxy) is 1. The van der Waals surface area contributed by atoms with E-state index in [0.29, 0.717) is 19.6 Å². The number of aromatic amines is 1. The van der Waals surface area contributed by atoms with E-state index in [1.165, 1.54) is 0 Å². The molecule has 1 aromatic heterocycles. The van der Waals surface area contributed by atoms with Gasteiger partial charge < -0.3 is 15.0 Å². The Bertz CT molecular complexity index is 646. The SMILES string of the molecule is CCOC(=O)CCNC(=O)Cc1c(C)[nH]c2ccccc12. The third-order valence-electron chi connectivity index (χ3n) is 3.32. The summed E-state index contributed by atoms with van der Waals surface area (Å²) in [5.74, 6) is -0.381. The van der Waals surface area contributed by atoms with Crippen LogP contribution in [0.1, 0.15) is 24.6 Å². The first kappa shape index (κ1) is 15.1. The number of aryl methyl sites for hydroxylation is 1. The lowest BCUT2D eigenvalue weighted by Gasteiger charge is -2.05. The molecule has 0 aliphatic carbocycles. The quantitative estimate of drug-likeness (QED) is 0.800. The average Bonchev–Trinajstić information content (AvgIpc) is 2.76. The average molecular weight is 288 g/mol. The minimum absolute atomic E-state index is 0.0906. The zero-order valence-electron chi connectivity index (χ0n) is 12.4. The standard InChI is InChI=1S/C16H20N2O3/c1-3-21-16(20)8-9-17-15(19)10-13-11(2)18-14-7-5-4-6-12(13)14/h4-7,18H,3,8-10H2,1-2H3,(H,17,19). The molecule has 2 aromatic rings. The Morgan fingerprint density at radius 2 is 2.05 bits per heavy atom. The molecular formula is C16H20N2O3. The maximum atomic E-state index is 12.0. The molecule has 0 saturated heterocycles. The highest BCUT2D eigenvalue weighted by molar-refractivity contribution is 5.90. The second-order valence-corrected chi connectivity index (χ2v) is 4.86. The van der Waals surface area contributed by atoms with Gasteiger partial charge in [-0.15, -0.1) is 0 Å². The molecule has 0 saturated carbocycles. The molecule has 0 radical (unpaired) electrons. The first-order chi connectivity index (χ1) is 10.1. The van der Waals surface area contributed by atoms with E-state index in [-0.39, 0.29) is 18.3 Å². The van der Waals surface area contributed by atoms with Crippen LogP contribution in [0.2, 0.25) is 0 Å². The number of benzene rings is 1. The second kappa shape index (κ2) is 6.92. The Hall–Kier alpha value is -2.30. The van der Waals surface area contributed by atoms with Crippen molar-refractivity contribution >= 4 is 22.8 Å². The Kier molecular flexibility index (Phi) is 4.98. The summed E-state index contributed by atoms with van der Waals surface area (Å²) < 4.78 is 4.81. The largest absolute Gasteiger partial charge is 0.466 e. The number of aromatic nitrogens is 1. The summed E-state index contributed by atoms with van der Waals surface area (Å²) in [7, 11) is 0. The molecule has 1 amide bonds. The van der Waals surface area contributed by atoms with E-state index in [1.807, 2.05) is 31.2 Å². The van der Waals surface area contributed by atoms with Crippen molar-refractivity contribution in [3.8, 4) is 0 Å². The van der Waals surface area contributed by atoms with Gasteiger partial charge >= 0.3 is 5.97 Å². The molecule has 0 bridgehead atoms. The van der Waals surface area contributed by atoms with Crippen molar-refractivity contribution < 1.29 is 14.3 Å². The van der Waals surface area contributed by atoms with Gasteiger partial charge in [-0.2, -0.15) is 0 Å². The van der Waals surface area contributed by atoms with Gasteiger partial charge in [0.25, 0.3) is 0 Å². The number of carbonyl (C=O) groups excluding carboxylic acids is 2. The Labute approximate surface area is 123 Å². The van der Waals surface area contributed by atoms with Gasteiger partial charge in [-0.1, -0.05) is 18.2 Å². The number of nitrogens with one attached hydrogen (secondary N) is 2. The van der Waals surface area contributed by atoms with Crippen molar-refractivity contribution in [1.29, 1.82) is 0 Å². The van der Waals surface area contributed by atoms with Gasteiger partial charge in [0, 0.05) is 23.1 Å². The highest BCUT2D eigenvalue weighted by Crippen LogP contribution is 2.22. The van der Waals surface area contributed by atoms with Crippen molar-refractivity contribution in [1.82, 2.24) is 10.3 Å². The van der Waals surface area contributed by atoms with Crippen LogP contribution >= 0.6 is 0 Å². The van der Waals surface area contributed by atoms with Gasteiger partial charge in [-0.25, -0.2) is 0 Å². The van der Waals surface area contributed by atoms with E-state index in [0.717, 1.165) is 22.2 Å². The summed E-state index contributed by atoms with van der Waals surface area (Å²) in [5.41, 5.74) is 3.03. The lowest BCUT2D eigenvalue weighted by molar-refractivity contribution is -0.143. The fourth-order valence-corrected chi connectivity index (χ4v) is 2.32. The fraction of sp³-hybridized carbons (Fsp3) is 0.375.